The lowest BCUT2D eigenvalue weighted by Crippen LogP contribution is -2.42. The number of fused-ring (bicyclic) bond motifs is 1. The van der Waals surface area contributed by atoms with E-state index in [1.165, 1.54) is 11.1 Å². The summed E-state index contributed by atoms with van der Waals surface area (Å²) < 4.78 is 11.1. The van der Waals surface area contributed by atoms with Crippen molar-refractivity contribution in [3.8, 4) is 11.5 Å². The first-order valence-corrected chi connectivity index (χ1v) is 12.5. The zero-order valence-corrected chi connectivity index (χ0v) is 21.2. The van der Waals surface area contributed by atoms with Gasteiger partial charge in [0.2, 0.25) is 5.91 Å². The van der Waals surface area contributed by atoms with Crippen molar-refractivity contribution in [1.29, 1.82) is 0 Å². The predicted molar refractivity (Wildman–Crippen MR) is 139 cm³/mol. The van der Waals surface area contributed by atoms with Crippen LogP contribution in [-0.2, 0) is 17.8 Å². The van der Waals surface area contributed by atoms with Crippen LogP contribution in [0.2, 0.25) is 5.02 Å². The van der Waals surface area contributed by atoms with Gasteiger partial charge in [0.25, 0.3) is 5.91 Å². The fraction of sp³-hybridized carbons (Fsp3) is 0.310. The minimum atomic E-state index is -0.396. The number of methoxy groups -OCH3 is 2. The molecule has 186 valence electrons. The number of hydrogen-bond donors (Lipinski definition) is 0. The van der Waals surface area contributed by atoms with E-state index in [1.807, 2.05) is 35.2 Å². The smallest absolute Gasteiger partial charge is 0.253 e. The topological polar surface area (TPSA) is 59.1 Å². The van der Waals surface area contributed by atoms with Crippen molar-refractivity contribution in [1.82, 2.24) is 9.80 Å². The van der Waals surface area contributed by atoms with Crippen LogP contribution in [0.25, 0.3) is 0 Å². The molecule has 2 heterocycles. The number of hydrogen-bond acceptors (Lipinski definition) is 4. The second-order valence-electron chi connectivity index (χ2n) is 9.32. The summed E-state index contributed by atoms with van der Waals surface area (Å²) in [5.74, 6) is 0.696. The van der Waals surface area contributed by atoms with Gasteiger partial charge in [0.15, 0.2) is 0 Å². The molecule has 0 bridgehead atoms. The third kappa shape index (κ3) is 4.65. The second kappa shape index (κ2) is 10.2. The highest BCUT2D eigenvalue weighted by atomic mass is 35.5. The fourth-order valence-electron chi connectivity index (χ4n) is 5.36. The van der Waals surface area contributed by atoms with Crippen LogP contribution in [0.5, 0.6) is 11.5 Å². The highest BCUT2D eigenvalue weighted by molar-refractivity contribution is 6.30. The SMILES string of the molecule is COc1ccc(OC)c([C@H]2CN(C(=O)c3ccc(Cl)cc3)C[C@H]2C(=O)N2CCc3ccccc3C2)c1. The summed E-state index contributed by atoms with van der Waals surface area (Å²) in [6.45, 7) is 1.99. The zero-order chi connectivity index (χ0) is 25.2. The second-order valence-corrected chi connectivity index (χ2v) is 9.75. The van der Waals surface area contributed by atoms with Gasteiger partial charge >= 0.3 is 0 Å². The zero-order valence-electron chi connectivity index (χ0n) is 20.4. The van der Waals surface area contributed by atoms with Crippen molar-refractivity contribution in [3.63, 3.8) is 0 Å². The number of amides is 2. The highest BCUT2D eigenvalue weighted by Gasteiger charge is 2.43. The first-order valence-electron chi connectivity index (χ1n) is 12.1. The Morgan fingerprint density at radius 1 is 0.889 bits per heavy atom. The van der Waals surface area contributed by atoms with E-state index in [0.717, 1.165) is 12.0 Å². The van der Waals surface area contributed by atoms with E-state index >= 15 is 0 Å². The lowest BCUT2D eigenvalue weighted by atomic mass is 9.86. The van der Waals surface area contributed by atoms with Gasteiger partial charge in [-0.25, -0.2) is 0 Å². The Balaban J connectivity index is 1.48. The molecule has 36 heavy (non-hydrogen) atoms. The highest BCUT2D eigenvalue weighted by Crippen LogP contribution is 2.41. The third-order valence-corrected chi connectivity index (χ3v) is 7.55. The van der Waals surface area contributed by atoms with Gasteiger partial charge in [-0.2, -0.15) is 0 Å². The van der Waals surface area contributed by atoms with E-state index < -0.39 is 5.92 Å². The molecule has 1 saturated heterocycles. The molecule has 0 aliphatic carbocycles. The maximum atomic E-state index is 14.0. The predicted octanol–water partition coefficient (Wildman–Crippen LogP) is 4.80. The average Bonchev–Trinajstić information content (AvgIpc) is 3.37. The van der Waals surface area contributed by atoms with Gasteiger partial charge in [-0.3, -0.25) is 9.59 Å². The summed E-state index contributed by atoms with van der Waals surface area (Å²) in [5, 5.41) is 0.574. The molecule has 0 N–H and O–H groups in total. The van der Waals surface area contributed by atoms with E-state index in [9.17, 15) is 9.59 Å². The van der Waals surface area contributed by atoms with Gasteiger partial charge < -0.3 is 19.3 Å². The number of halogens is 1. The van der Waals surface area contributed by atoms with Gasteiger partial charge in [-0.15, -0.1) is 0 Å². The Bertz CT molecular complexity index is 1280. The van der Waals surface area contributed by atoms with Gasteiger partial charge in [0.1, 0.15) is 11.5 Å². The van der Waals surface area contributed by atoms with Crippen molar-refractivity contribution >= 4 is 23.4 Å². The van der Waals surface area contributed by atoms with Crippen LogP contribution in [0, 0.1) is 5.92 Å². The number of likely N-dealkylation sites (tertiary alicyclic amines) is 1. The molecule has 1 fully saturated rings. The van der Waals surface area contributed by atoms with Crippen LogP contribution < -0.4 is 9.47 Å². The number of nitrogens with zero attached hydrogens (tertiary/aromatic N) is 2. The first kappa shape index (κ1) is 24.2. The number of carbonyl (C=O) groups excluding carboxylic acids is 2. The van der Waals surface area contributed by atoms with E-state index in [4.69, 9.17) is 21.1 Å². The maximum Gasteiger partial charge on any atom is 0.253 e. The Kier molecular flexibility index (Phi) is 6.88. The molecule has 0 radical (unpaired) electrons. The largest absolute Gasteiger partial charge is 0.497 e. The summed E-state index contributed by atoms with van der Waals surface area (Å²) in [4.78, 5) is 31.1. The molecule has 6 nitrogen and oxygen atoms in total. The number of carbonyl (C=O) groups is 2. The number of rotatable bonds is 5. The van der Waals surface area contributed by atoms with Crippen molar-refractivity contribution in [2.24, 2.45) is 5.92 Å². The van der Waals surface area contributed by atoms with Gasteiger partial charge in [-0.1, -0.05) is 35.9 Å². The van der Waals surface area contributed by atoms with Gasteiger partial charge in [-0.05, 0) is 60.0 Å². The van der Waals surface area contributed by atoms with Crippen LogP contribution in [0.1, 0.15) is 33.0 Å². The number of ether oxygens (including phenoxy) is 2. The molecule has 3 aromatic rings. The van der Waals surface area contributed by atoms with E-state index in [2.05, 4.69) is 12.1 Å². The molecule has 3 aromatic carbocycles. The van der Waals surface area contributed by atoms with Crippen LogP contribution >= 0.6 is 11.6 Å². The number of benzene rings is 3. The third-order valence-electron chi connectivity index (χ3n) is 7.29. The van der Waals surface area contributed by atoms with Gasteiger partial charge in [0, 0.05) is 48.2 Å². The first-order chi connectivity index (χ1) is 17.5. The minimum Gasteiger partial charge on any atom is -0.497 e. The summed E-state index contributed by atoms with van der Waals surface area (Å²) in [7, 11) is 3.24. The normalized spacial score (nSPS) is 19.1. The Morgan fingerprint density at radius 3 is 2.36 bits per heavy atom. The lowest BCUT2D eigenvalue weighted by Gasteiger charge is -2.32. The fourth-order valence-corrected chi connectivity index (χ4v) is 5.48. The molecule has 5 rings (SSSR count). The minimum absolute atomic E-state index is 0.0609. The Hall–Kier alpha value is -3.51. The molecule has 2 aliphatic rings. The Morgan fingerprint density at radius 2 is 1.64 bits per heavy atom. The van der Waals surface area contributed by atoms with Crippen molar-refractivity contribution in [2.45, 2.75) is 18.9 Å². The monoisotopic (exact) mass is 504 g/mol. The van der Waals surface area contributed by atoms with Crippen LogP contribution in [0.15, 0.2) is 66.7 Å². The van der Waals surface area contributed by atoms with Crippen LogP contribution in [-0.4, -0.2) is 55.5 Å². The van der Waals surface area contributed by atoms with Crippen LogP contribution in [0.4, 0.5) is 0 Å². The average molecular weight is 505 g/mol. The van der Waals surface area contributed by atoms with Crippen LogP contribution in [0.3, 0.4) is 0 Å². The molecule has 2 aliphatic heterocycles. The summed E-state index contributed by atoms with van der Waals surface area (Å²) >= 11 is 6.03. The summed E-state index contributed by atoms with van der Waals surface area (Å²) in [5.41, 5.74) is 3.90. The van der Waals surface area contributed by atoms with Gasteiger partial charge in [0.05, 0.1) is 20.1 Å². The molecule has 2 amide bonds. The lowest BCUT2D eigenvalue weighted by molar-refractivity contribution is -0.136. The molecular weight excluding hydrogens is 476 g/mol. The van der Waals surface area contributed by atoms with Crippen molar-refractivity contribution in [3.05, 3.63) is 94.0 Å². The quantitative estimate of drug-likeness (QED) is 0.501. The Labute approximate surface area is 216 Å². The molecule has 0 aromatic heterocycles. The molecule has 0 spiro atoms. The van der Waals surface area contributed by atoms with Crippen molar-refractivity contribution in [2.75, 3.05) is 33.9 Å². The van der Waals surface area contributed by atoms with E-state index in [-0.39, 0.29) is 17.7 Å². The molecule has 2 atom stereocenters. The molecule has 0 saturated carbocycles. The van der Waals surface area contributed by atoms with E-state index in [1.54, 1.807) is 43.4 Å². The standard InChI is InChI=1S/C29H29ClN2O4/c1-35-23-11-12-27(36-2)24(15-23)25-17-32(28(33)20-7-9-22(30)10-8-20)18-26(25)29(34)31-14-13-19-5-3-4-6-21(19)16-31/h3-12,15,25-26H,13-14,16-18H2,1-2H3/t25-,26-/m1/s1. The molecule has 7 heteroatoms. The molecular formula is C29H29ClN2O4. The molecule has 0 unspecified atom stereocenters. The maximum absolute atomic E-state index is 14.0. The summed E-state index contributed by atoms with van der Waals surface area (Å²) in [6.07, 6.45) is 0.829. The summed E-state index contributed by atoms with van der Waals surface area (Å²) in [6, 6.07) is 20.8. The van der Waals surface area contributed by atoms with Crippen molar-refractivity contribution < 1.29 is 19.1 Å². The van der Waals surface area contributed by atoms with E-state index in [0.29, 0.717) is 48.3 Å².